The Hall–Kier alpha value is -3.06. The lowest BCUT2D eigenvalue weighted by molar-refractivity contribution is -0.147. The highest BCUT2D eigenvalue weighted by molar-refractivity contribution is 5.83. The minimum absolute atomic E-state index is 0.0882. The van der Waals surface area contributed by atoms with E-state index in [9.17, 15) is 9.59 Å². The lowest BCUT2D eigenvalue weighted by Crippen LogP contribution is -2.37. The Balaban J connectivity index is 1.53. The van der Waals surface area contributed by atoms with E-state index in [-0.39, 0.29) is 30.5 Å². The molecule has 1 heterocycles. The number of carbonyl (C=O) groups excluding carboxylic acids is 2. The summed E-state index contributed by atoms with van der Waals surface area (Å²) in [6.07, 6.45) is 0.0159. The van der Waals surface area contributed by atoms with Crippen molar-refractivity contribution < 1.29 is 28.5 Å². The molecule has 1 aliphatic carbocycles. The molecule has 164 valence electrons. The molecule has 0 saturated heterocycles. The molecular weight excluding hydrogens is 398 g/mol. The largest absolute Gasteiger partial charge is 0.466 e. The van der Waals surface area contributed by atoms with Crippen LogP contribution in [0.4, 0.5) is 0 Å². The van der Waals surface area contributed by atoms with Gasteiger partial charge in [-0.3, -0.25) is 9.59 Å². The Morgan fingerprint density at radius 2 is 1.90 bits per heavy atom. The highest BCUT2D eigenvalue weighted by Gasteiger charge is 2.46. The first kappa shape index (κ1) is 21.2. The summed E-state index contributed by atoms with van der Waals surface area (Å²) in [6, 6.07) is 15.1. The fourth-order valence-electron chi connectivity index (χ4n) is 3.94. The lowest BCUT2D eigenvalue weighted by Gasteiger charge is -2.27. The molecule has 7 nitrogen and oxygen atoms in total. The second-order valence-electron chi connectivity index (χ2n) is 7.79. The minimum Gasteiger partial charge on any atom is -0.466 e. The Morgan fingerprint density at radius 3 is 2.65 bits per heavy atom. The summed E-state index contributed by atoms with van der Waals surface area (Å²) in [7, 11) is 1.53. The summed E-state index contributed by atoms with van der Waals surface area (Å²) in [6.45, 7) is 3.21. The van der Waals surface area contributed by atoms with Crippen LogP contribution in [0.15, 0.2) is 48.5 Å². The summed E-state index contributed by atoms with van der Waals surface area (Å²) in [5.74, 6) is 0.988. The molecule has 4 rings (SSSR count). The van der Waals surface area contributed by atoms with Gasteiger partial charge in [-0.1, -0.05) is 36.4 Å². The molecule has 0 N–H and O–H groups in total. The molecule has 1 amide bonds. The van der Waals surface area contributed by atoms with Crippen LogP contribution in [0.2, 0.25) is 0 Å². The third kappa shape index (κ3) is 4.82. The number of carbonyl (C=O) groups is 2. The van der Waals surface area contributed by atoms with Crippen LogP contribution in [0, 0.1) is 11.8 Å². The van der Waals surface area contributed by atoms with Gasteiger partial charge >= 0.3 is 5.97 Å². The van der Waals surface area contributed by atoms with E-state index in [1.54, 1.807) is 11.8 Å². The Kier molecular flexibility index (Phi) is 6.42. The zero-order valence-electron chi connectivity index (χ0n) is 17.8. The van der Waals surface area contributed by atoms with E-state index in [1.807, 2.05) is 48.5 Å². The number of esters is 1. The molecule has 0 spiro atoms. The zero-order valence-corrected chi connectivity index (χ0v) is 17.8. The molecule has 7 heteroatoms. The average Bonchev–Trinajstić information content (AvgIpc) is 3.40. The van der Waals surface area contributed by atoms with Crippen LogP contribution < -0.4 is 9.47 Å². The molecule has 2 aliphatic rings. The van der Waals surface area contributed by atoms with Crippen molar-refractivity contribution >= 4 is 11.9 Å². The highest BCUT2D eigenvalue weighted by atomic mass is 16.7. The van der Waals surface area contributed by atoms with Crippen LogP contribution in [-0.4, -0.2) is 43.8 Å². The van der Waals surface area contributed by atoms with Crippen LogP contribution >= 0.6 is 0 Å². The van der Waals surface area contributed by atoms with E-state index >= 15 is 0 Å². The number of ether oxygens (including phenoxy) is 4. The second-order valence-corrected chi connectivity index (χ2v) is 7.79. The Morgan fingerprint density at radius 1 is 1.13 bits per heavy atom. The van der Waals surface area contributed by atoms with Crippen LogP contribution in [0.25, 0.3) is 0 Å². The number of hydrogen-bond acceptors (Lipinski definition) is 6. The van der Waals surface area contributed by atoms with Gasteiger partial charge in [-0.2, -0.15) is 0 Å². The summed E-state index contributed by atoms with van der Waals surface area (Å²) >= 11 is 0. The predicted octanol–water partition coefficient (Wildman–Crippen LogP) is 3.33. The van der Waals surface area contributed by atoms with Crippen molar-refractivity contribution in [1.82, 2.24) is 4.90 Å². The highest BCUT2D eigenvalue weighted by Crippen LogP contribution is 2.41. The van der Waals surface area contributed by atoms with E-state index in [0.717, 1.165) is 17.5 Å². The monoisotopic (exact) mass is 425 g/mol. The molecule has 1 fully saturated rings. The van der Waals surface area contributed by atoms with Crippen molar-refractivity contribution in [3.63, 3.8) is 0 Å². The number of rotatable bonds is 9. The van der Waals surface area contributed by atoms with Crippen molar-refractivity contribution in [3.05, 3.63) is 59.7 Å². The van der Waals surface area contributed by atoms with Gasteiger partial charge in [0, 0.05) is 20.2 Å². The Labute approximate surface area is 181 Å². The number of nitrogens with zero attached hydrogens (tertiary/aromatic N) is 1. The topological polar surface area (TPSA) is 74.3 Å². The molecule has 1 aliphatic heterocycles. The van der Waals surface area contributed by atoms with Gasteiger partial charge in [0.05, 0.1) is 12.5 Å². The van der Waals surface area contributed by atoms with Gasteiger partial charge in [0.1, 0.15) is 0 Å². The number of amides is 1. The number of hydrogen-bond donors (Lipinski definition) is 0. The minimum atomic E-state index is -0.713. The zero-order chi connectivity index (χ0) is 21.8. The summed E-state index contributed by atoms with van der Waals surface area (Å²) < 4.78 is 21.6. The van der Waals surface area contributed by atoms with Crippen LogP contribution in [0.1, 0.15) is 30.6 Å². The Bertz CT molecular complexity index is 931. The van der Waals surface area contributed by atoms with E-state index < -0.39 is 6.10 Å². The molecule has 2 aromatic rings. The molecule has 0 bridgehead atoms. The van der Waals surface area contributed by atoms with Crippen molar-refractivity contribution in [2.75, 3.05) is 27.1 Å². The molecule has 1 saturated carbocycles. The summed E-state index contributed by atoms with van der Waals surface area (Å²) in [5, 5.41) is 0. The maximum atomic E-state index is 13.5. The van der Waals surface area contributed by atoms with Crippen LogP contribution in [0.3, 0.4) is 0 Å². The van der Waals surface area contributed by atoms with Gasteiger partial charge in [0.25, 0.3) is 5.91 Å². The van der Waals surface area contributed by atoms with Crippen molar-refractivity contribution in [3.8, 4) is 11.5 Å². The van der Waals surface area contributed by atoms with Gasteiger partial charge < -0.3 is 23.8 Å². The fourth-order valence-corrected chi connectivity index (χ4v) is 3.94. The molecule has 0 aromatic heterocycles. The standard InChI is InChI=1S/C24H27NO6/c1-3-29-24(27)19-12-18(19)14-25(13-16-9-10-20-21(11-16)31-15-30-20)23(26)22(28-2)17-7-5-4-6-8-17/h4-11,18-19,22H,3,12-15H2,1-2H3/t18-,19-,22+/m0/s1. The van der Waals surface area contributed by atoms with Crippen LogP contribution in [0.5, 0.6) is 11.5 Å². The fraction of sp³-hybridized carbons (Fsp3) is 0.417. The molecule has 2 aromatic carbocycles. The van der Waals surface area contributed by atoms with Crippen LogP contribution in [-0.2, 0) is 25.6 Å². The van der Waals surface area contributed by atoms with Gasteiger partial charge in [-0.05, 0) is 42.5 Å². The third-order valence-corrected chi connectivity index (χ3v) is 5.65. The second kappa shape index (κ2) is 9.39. The first-order valence-electron chi connectivity index (χ1n) is 10.5. The number of benzene rings is 2. The summed E-state index contributed by atoms with van der Waals surface area (Å²) in [5.41, 5.74) is 1.72. The normalized spacial score (nSPS) is 19.5. The maximum absolute atomic E-state index is 13.5. The SMILES string of the molecule is CCOC(=O)[C@H]1C[C@H]1CN(Cc1ccc2c(c1)OCO2)C(=O)[C@H](OC)c1ccccc1. The third-order valence-electron chi connectivity index (χ3n) is 5.65. The molecule has 31 heavy (non-hydrogen) atoms. The molecule has 0 unspecified atom stereocenters. The van der Waals surface area contributed by atoms with Crippen molar-refractivity contribution in [2.24, 2.45) is 11.8 Å². The van der Waals surface area contributed by atoms with Gasteiger partial charge in [-0.15, -0.1) is 0 Å². The van der Waals surface area contributed by atoms with E-state index in [4.69, 9.17) is 18.9 Å². The maximum Gasteiger partial charge on any atom is 0.309 e. The van der Waals surface area contributed by atoms with Gasteiger partial charge in [-0.25, -0.2) is 0 Å². The number of fused-ring (bicyclic) bond motifs is 1. The van der Waals surface area contributed by atoms with Gasteiger partial charge in [0.15, 0.2) is 17.6 Å². The molecule has 0 radical (unpaired) electrons. The lowest BCUT2D eigenvalue weighted by atomic mass is 10.1. The van der Waals surface area contributed by atoms with E-state index in [1.165, 1.54) is 7.11 Å². The quantitative estimate of drug-likeness (QED) is 0.574. The van der Waals surface area contributed by atoms with E-state index in [2.05, 4.69) is 0 Å². The van der Waals surface area contributed by atoms with Gasteiger partial charge in [0.2, 0.25) is 6.79 Å². The first-order valence-corrected chi connectivity index (χ1v) is 10.5. The average molecular weight is 425 g/mol. The summed E-state index contributed by atoms with van der Waals surface area (Å²) in [4.78, 5) is 27.4. The molecule has 3 atom stereocenters. The molecular formula is C24H27NO6. The first-order chi connectivity index (χ1) is 15.1. The van der Waals surface area contributed by atoms with E-state index in [0.29, 0.717) is 31.2 Å². The number of methoxy groups -OCH3 is 1. The van der Waals surface area contributed by atoms with Crippen molar-refractivity contribution in [1.29, 1.82) is 0 Å². The predicted molar refractivity (Wildman–Crippen MR) is 112 cm³/mol. The van der Waals surface area contributed by atoms with Crippen molar-refractivity contribution in [2.45, 2.75) is 26.0 Å². The smallest absolute Gasteiger partial charge is 0.309 e.